The molecule has 0 aliphatic heterocycles. The fourth-order valence-corrected chi connectivity index (χ4v) is 5.97. The molecule has 0 bridgehead atoms. The zero-order valence-electron chi connectivity index (χ0n) is 17.4. The predicted octanol–water partition coefficient (Wildman–Crippen LogP) is 4.31. The summed E-state index contributed by atoms with van der Waals surface area (Å²) in [6.45, 7) is -0.603. The van der Waals surface area contributed by atoms with Crippen LogP contribution in [-0.4, -0.2) is 61.4 Å². The molecule has 184 valence electrons. The quantitative estimate of drug-likeness (QED) is 0.440. The Morgan fingerprint density at radius 3 is 2.67 bits per heavy atom. The molecule has 0 amide bonds. The lowest BCUT2D eigenvalue weighted by molar-refractivity contribution is -0.208. The SMILES string of the molecule is CN(C[C@H](O)C(F)(F)F)[C@H]1CCCC[C@@H]1Nc1cc(F)c(S(=O)(=O)Nc2nccs2)cc1Cl. The van der Waals surface area contributed by atoms with Crippen molar-refractivity contribution in [2.45, 2.75) is 54.9 Å². The van der Waals surface area contributed by atoms with Crippen LogP contribution in [0.4, 0.5) is 28.4 Å². The topological polar surface area (TPSA) is 94.6 Å². The van der Waals surface area contributed by atoms with Gasteiger partial charge in [0.2, 0.25) is 0 Å². The number of halogens is 5. The van der Waals surface area contributed by atoms with Crippen LogP contribution in [0, 0.1) is 5.82 Å². The summed E-state index contributed by atoms with van der Waals surface area (Å²) < 4.78 is 80.3. The molecule has 1 fully saturated rings. The summed E-state index contributed by atoms with van der Waals surface area (Å²) in [6.07, 6.45) is -3.08. The molecule has 14 heteroatoms. The van der Waals surface area contributed by atoms with Gasteiger partial charge in [0, 0.05) is 30.2 Å². The van der Waals surface area contributed by atoms with Crippen molar-refractivity contribution in [1.29, 1.82) is 0 Å². The van der Waals surface area contributed by atoms with E-state index in [0.717, 1.165) is 36.3 Å². The van der Waals surface area contributed by atoms with Gasteiger partial charge in [-0.15, -0.1) is 11.3 Å². The molecule has 1 aliphatic rings. The van der Waals surface area contributed by atoms with Gasteiger partial charge < -0.3 is 10.4 Å². The number of hydrogen-bond donors (Lipinski definition) is 3. The van der Waals surface area contributed by atoms with Crippen molar-refractivity contribution in [2.75, 3.05) is 23.6 Å². The molecule has 2 aromatic rings. The van der Waals surface area contributed by atoms with E-state index in [1.165, 1.54) is 18.1 Å². The Morgan fingerprint density at radius 1 is 1.33 bits per heavy atom. The standard InChI is InChI=1S/C19H23ClF4N4O3S2/c1-28(10-17(29)19(22,23)24)15-5-3-2-4-13(15)26-14-9-12(21)16(8-11(14)20)33(30,31)27-18-25-6-7-32-18/h6-9,13,15,17,26,29H,2-5,10H2,1H3,(H,25,27)/t13-,15-,17-/m0/s1. The van der Waals surface area contributed by atoms with E-state index in [1.807, 2.05) is 0 Å². The monoisotopic (exact) mass is 530 g/mol. The summed E-state index contributed by atoms with van der Waals surface area (Å²) in [5.74, 6) is -1.04. The number of benzene rings is 1. The Hall–Kier alpha value is -1.67. The van der Waals surface area contributed by atoms with E-state index in [4.69, 9.17) is 11.6 Å². The summed E-state index contributed by atoms with van der Waals surface area (Å²) in [6, 6.07) is 1.18. The van der Waals surface area contributed by atoms with E-state index in [2.05, 4.69) is 15.0 Å². The van der Waals surface area contributed by atoms with Gasteiger partial charge in [-0.2, -0.15) is 13.2 Å². The zero-order chi connectivity index (χ0) is 24.4. The summed E-state index contributed by atoms with van der Waals surface area (Å²) in [5.41, 5.74) is 0.129. The Morgan fingerprint density at radius 2 is 2.03 bits per heavy atom. The average Bonchev–Trinajstić information content (AvgIpc) is 3.22. The third kappa shape index (κ3) is 6.47. The molecule has 1 saturated carbocycles. The fraction of sp³-hybridized carbons (Fsp3) is 0.526. The van der Waals surface area contributed by atoms with Crippen LogP contribution in [0.25, 0.3) is 0 Å². The molecule has 0 saturated heterocycles. The highest BCUT2D eigenvalue weighted by molar-refractivity contribution is 7.93. The highest BCUT2D eigenvalue weighted by Gasteiger charge is 2.40. The normalized spacial score (nSPS) is 20.6. The molecule has 1 aliphatic carbocycles. The maximum absolute atomic E-state index is 14.8. The second-order valence-corrected chi connectivity index (χ2v) is 10.8. The first-order valence-corrected chi connectivity index (χ1v) is 12.8. The lowest BCUT2D eigenvalue weighted by Crippen LogP contribution is -2.51. The van der Waals surface area contributed by atoms with Crippen LogP contribution >= 0.6 is 22.9 Å². The van der Waals surface area contributed by atoms with E-state index in [-0.39, 0.29) is 27.9 Å². The molecule has 33 heavy (non-hydrogen) atoms. The first-order valence-electron chi connectivity index (χ1n) is 10.0. The number of aliphatic hydroxyl groups is 1. The summed E-state index contributed by atoms with van der Waals surface area (Å²) in [4.78, 5) is 4.57. The first kappa shape index (κ1) is 25.9. The van der Waals surface area contributed by atoms with Crippen LogP contribution in [0.2, 0.25) is 5.02 Å². The van der Waals surface area contributed by atoms with Crippen LogP contribution in [0.1, 0.15) is 25.7 Å². The second-order valence-electron chi connectivity index (χ2n) is 7.80. The number of likely N-dealkylation sites (N-methyl/N-ethyl adjacent to an activating group) is 1. The molecule has 3 atom stereocenters. The fourth-order valence-electron chi connectivity index (χ4n) is 3.81. The number of hydrogen-bond acceptors (Lipinski definition) is 7. The number of aromatic nitrogens is 1. The minimum Gasteiger partial charge on any atom is -0.382 e. The van der Waals surface area contributed by atoms with Crippen molar-refractivity contribution in [3.05, 3.63) is 34.5 Å². The van der Waals surface area contributed by atoms with Gasteiger partial charge in [-0.25, -0.2) is 17.8 Å². The van der Waals surface area contributed by atoms with Crippen molar-refractivity contribution < 1.29 is 31.1 Å². The molecule has 0 radical (unpaired) electrons. The first-order chi connectivity index (χ1) is 15.4. The number of nitrogens with one attached hydrogen (secondary N) is 2. The molecule has 0 spiro atoms. The molecule has 7 nitrogen and oxygen atoms in total. The van der Waals surface area contributed by atoms with Gasteiger partial charge >= 0.3 is 6.18 Å². The Kier molecular flexibility index (Phi) is 8.10. The number of aliphatic hydroxyl groups excluding tert-OH is 1. The van der Waals surface area contributed by atoms with Gasteiger partial charge in [0.05, 0.1) is 10.7 Å². The number of nitrogens with zero attached hydrogens (tertiary/aromatic N) is 2. The lowest BCUT2D eigenvalue weighted by atomic mass is 9.89. The Labute approximate surface area is 197 Å². The van der Waals surface area contributed by atoms with Crippen molar-refractivity contribution in [1.82, 2.24) is 9.88 Å². The smallest absolute Gasteiger partial charge is 0.382 e. The molecule has 0 unspecified atom stereocenters. The summed E-state index contributed by atoms with van der Waals surface area (Å²) in [5, 5.41) is 14.0. The molecular weight excluding hydrogens is 508 g/mol. The van der Waals surface area contributed by atoms with Crippen molar-refractivity contribution in [2.24, 2.45) is 0 Å². The van der Waals surface area contributed by atoms with E-state index >= 15 is 0 Å². The van der Waals surface area contributed by atoms with Crippen LogP contribution in [0.15, 0.2) is 28.6 Å². The molecule has 3 rings (SSSR count). The van der Waals surface area contributed by atoms with Gasteiger partial charge in [0.15, 0.2) is 11.2 Å². The van der Waals surface area contributed by atoms with Crippen LogP contribution < -0.4 is 10.0 Å². The zero-order valence-corrected chi connectivity index (χ0v) is 19.8. The molecule has 1 heterocycles. The second kappa shape index (κ2) is 10.3. The van der Waals surface area contributed by atoms with Gasteiger partial charge in [-0.1, -0.05) is 24.4 Å². The minimum atomic E-state index is -4.73. The van der Waals surface area contributed by atoms with Crippen molar-refractivity contribution in [3.63, 3.8) is 0 Å². The molecule has 1 aromatic heterocycles. The van der Waals surface area contributed by atoms with Gasteiger partial charge in [-0.3, -0.25) is 9.62 Å². The predicted molar refractivity (Wildman–Crippen MR) is 119 cm³/mol. The van der Waals surface area contributed by atoms with Crippen LogP contribution in [0.5, 0.6) is 0 Å². The third-order valence-corrected chi connectivity index (χ3v) is 7.92. The van der Waals surface area contributed by atoms with E-state index in [1.54, 1.807) is 5.38 Å². The van der Waals surface area contributed by atoms with Gasteiger partial charge in [-0.05, 0) is 32.0 Å². The number of rotatable bonds is 8. The summed E-state index contributed by atoms with van der Waals surface area (Å²) >= 11 is 7.27. The maximum atomic E-state index is 14.8. The number of sulfonamides is 1. The van der Waals surface area contributed by atoms with Crippen molar-refractivity contribution in [3.8, 4) is 0 Å². The molecular formula is C19H23ClF4N4O3S2. The van der Waals surface area contributed by atoms with E-state index < -0.39 is 39.6 Å². The molecule has 3 N–H and O–H groups in total. The van der Waals surface area contributed by atoms with Crippen LogP contribution in [-0.2, 0) is 10.0 Å². The summed E-state index contributed by atoms with van der Waals surface area (Å²) in [7, 11) is -2.78. The highest BCUT2D eigenvalue weighted by Crippen LogP contribution is 2.33. The van der Waals surface area contributed by atoms with E-state index in [0.29, 0.717) is 12.8 Å². The van der Waals surface area contributed by atoms with Gasteiger partial charge in [0.25, 0.3) is 10.0 Å². The van der Waals surface area contributed by atoms with E-state index in [9.17, 15) is 31.1 Å². The number of thiazole rings is 1. The van der Waals surface area contributed by atoms with Gasteiger partial charge in [0.1, 0.15) is 10.7 Å². The number of alkyl halides is 3. The third-order valence-electron chi connectivity index (χ3n) is 5.44. The number of anilines is 2. The maximum Gasteiger partial charge on any atom is 0.415 e. The minimum absolute atomic E-state index is 0.0572. The molecule has 1 aromatic carbocycles. The Balaban J connectivity index is 1.78. The largest absolute Gasteiger partial charge is 0.415 e. The average molecular weight is 531 g/mol. The highest BCUT2D eigenvalue weighted by atomic mass is 35.5. The van der Waals surface area contributed by atoms with Crippen molar-refractivity contribution >= 4 is 43.8 Å². The van der Waals surface area contributed by atoms with Crippen LogP contribution in [0.3, 0.4) is 0 Å². The Bertz CT molecular complexity index is 1050. The lowest BCUT2D eigenvalue weighted by Gasteiger charge is -2.40.